The molecule has 1 aliphatic rings. The van der Waals surface area contributed by atoms with E-state index in [0.717, 1.165) is 31.5 Å². The molecule has 0 amide bonds. The van der Waals surface area contributed by atoms with E-state index in [9.17, 15) is 0 Å². The van der Waals surface area contributed by atoms with Crippen LogP contribution in [0.4, 0.5) is 0 Å². The zero-order valence-corrected chi connectivity index (χ0v) is 13.6. The maximum Gasteiger partial charge on any atom is 0.0798 e. The molecule has 1 aromatic heterocycles. The lowest BCUT2D eigenvalue weighted by atomic mass is 9.77. The van der Waals surface area contributed by atoms with Crippen molar-refractivity contribution in [3.05, 3.63) is 51.5 Å². The third-order valence-corrected chi connectivity index (χ3v) is 5.83. The molecule has 0 saturated carbocycles. The first kappa shape index (κ1) is 14.7. The minimum Gasteiger partial charge on any atom is -0.329 e. The van der Waals surface area contributed by atoms with Gasteiger partial charge >= 0.3 is 0 Å². The summed E-state index contributed by atoms with van der Waals surface area (Å²) in [7, 11) is 2.21. The Morgan fingerprint density at radius 1 is 1.33 bits per heavy atom. The van der Waals surface area contributed by atoms with E-state index in [0.29, 0.717) is 6.54 Å². The Hall–Kier alpha value is -1.23. The first-order chi connectivity index (χ1) is 10.1. The molecule has 0 bridgehead atoms. The molecule has 1 aliphatic carbocycles. The Bertz CT molecular complexity index is 622. The number of nitrogens with zero attached hydrogens (tertiary/aromatic N) is 2. The van der Waals surface area contributed by atoms with Crippen LogP contribution in [0.15, 0.2) is 29.8 Å². The van der Waals surface area contributed by atoms with Crippen molar-refractivity contribution in [2.45, 2.75) is 38.3 Å². The van der Waals surface area contributed by atoms with E-state index in [2.05, 4.69) is 48.1 Å². The summed E-state index contributed by atoms with van der Waals surface area (Å²) in [5, 5.41) is 0. The minimum atomic E-state index is 0.0742. The number of aryl methyl sites for hydroxylation is 2. The van der Waals surface area contributed by atoms with Crippen molar-refractivity contribution < 1.29 is 0 Å². The highest BCUT2D eigenvalue weighted by Gasteiger charge is 2.37. The van der Waals surface area contributed by atoms with Crippen molar-refractivity contribution in [2.75, 3.05) is 13.6 Å². The molecule has 0 aliphatic heterocycles. The molecule has 1 heterocycles. The van der Waals surface area contributed by atoms with Gasteiger partial charge in [-0.2, -0.15) is 0 Å². The maximum absolute atomic E-state index is 6.21. The molecule has 0 saturated heterocycles. The van der Waals surface area contributed by atoms with E-state index in [4.69, 9.17) is 5.73 Å². The number of hydrogen-bond donors (Lipinski definition) is 1. The molecule has 112 valence electrons. The first-order valence-electron chi connectivity index (χ1n) is 7.52. The number of likely N-dealkylation sites (N-methyl/N-ethyl adjacent to an activating group) is 1. The lowest BCUT2D eigenvalue weighted by Crippen LogP contribution is -2.55. The van der Waals surface area contributed by atoms with Crippen molar-refractivity contribution in [3.8, 4) is 0 Å². The molecule has 4 heteroatoms. The van der Waals surface area contributed by atoms with Crippen LogP contribution in [0, 0.1) is 6.92 Å². The summed E-state index contributed by atoms with van der Waals surface area (Å²) >= 11 is 1.74. The summed E-state index contributed by atoms with van der Waals surface area (Å²) in [5.74, 6) is 0. The van der Waals surface area contributed by atoms with E-state index in [-0.39, 0.29) is 5.54 Å². The summed E-state index contributed by atoms with van der Waals surface area (Å²) < 4.78 is 0. The van der Waals surface area contributed by atoms with Gasteiger partial charge in [-0.05, 0) is 44.4 Å². The highest BCUT2D eigenvalue weighted by Crippen LogP contribution is 2.33. The van der Waals surface area contributed by atoms with E-state index in [1.807, 2.05) is 5.51 Å². The number of aromatic nitrogens is 1. The molecule has 0 fully saturated rings. The summed E-state index contributed by atoms with van der Waals surface area (Å²) in [6, 6.07) is 8.78. The van der Waals surface area contributed by atoms with Crippen LogP contribution in [-0.2, 0) is 19.4 Å². The number of fused-ring (bicyclic) bond motifs is 1. The molecule has 0 radical (unpaired) electrons. The predicted octanol–water partition coefficient (Wildman–Crippen LogP) is 2.77. The van der Waals surface area contributed by atoms with Gasteiger partial charge in [0, 0.05) is 23.5 Å². The zero-order chi connectivity index (χ0) is 14.9. The van der Waals surface area contributed by atoms with Gasteiger partial charge in [0.1, 0.15) is 0 Å². The average molecular weight is 301 g/mol. The van der Waals surface area contributed by atoms with Crippen LogP contribution in [0.3, 0.4) is 0 Å². The zero-order valence-electron chi connectivity index (χ0n) is 12.8. The Kier molecular flexibility index (Phi) is 4.11. The lowest BCUT2D eigenvalue weighted by molar-refractivity contribution is 0.102. The monoisotopic (exact) mass is 301 g/mol. The molecule has 3 nitrogen and oxygen atoms in total. The molecule has 2 aromatic rings. The topological polar surface area (TPSA) is 42.2 Å². The summed E-state index contributed by atoms with van der Waals surface area (Å²) in [6.45, 7) is 3.73. The lowest BCUT2D eigenvalue weighted by Gasteiger charge is -2.44. The van der Waals surface area contributed by atoms with Gasteiger partial charge in [-0.3, -0.25) is 4.90 Å². The van der Waals surface area contributed by atoms with Crippen molar-refractivity contribution >= 4 is 11.3 Å². The molecule has 3 rings (SSSR count). The molecule has 1 atom stereocenters. The summed E-state index contributed by atoms with van der Waals surface area (Å²) in [5.41, 5.74) is 12.3. The van der Waals surface area contributed by atoms with Crippen molar-refractivity contribution in [3.63, 3.8) is 0 Å². The number of rotatable bonds is 4. The molecule has 1 aromatic carbocycles. The highest BCUT2D eigenvalue weighted by molar-refractivity contribution is 7.09. The Morgan fingerprint density at radius 3 is 2.76 bits per heavy atom. The SMILES string of the molecule is Cc1ncsc1CN(C)C1(CN)CCc2ccccc2C1. The average Bonchev–Trinajstić information content (AvgIpc) is 2.91. The van der Waals surface area contributed by atoms with Crippen molar-refractivity contribution in [2.24, 2.45) is 5.73 Å². The van der Waals surface area contributed by atoms with Gasteiger partial charge in [-0.15, -0.1) is 11.3 Å². The van der Waals surface area contributed by atoms with Crippen LogP contribution in [0.25, 0.3) is 0 Å². The third-order valence-electron chi connectivity index (χ3n) is 4.91. The normalized spacial score (nSPS) is 21.5. The van der Waals surface area contributed by atoms with Gasteiger partial charge < -0.3 is 5.73 Å². The Morgan fingerprint density at radius 2 is 2.10 bits per heavy atom. The highest BCUT2D eigenvalue weighted by atomic mass is 32.1. The smallest absolute Gasteiger partial charge is 0.0798 e. The van der Waals surface area contributed by atoms with Gasteiger partial charge in [0.15, 0.2) is 0 Å². The Labute approximate surface area is 130 Å². The fourth-order valence-corrected chi connectivity index (χ4v) is 4.13. The fourth-order valence-electron chi connectivity index (χ4n) is 3.30. The predicted molar refractivity (Wildman–Crippen MR) is 88.6 cm³/mol. The quantitative estimate of drug-likeness (QED) is 0.944. The first-order valence-corrected chi connectivity index (χ1v) is 8.40. The second-order valence-electron chi connectivity index (χ2n) is 6.09. The van der Waals surface area contributed by atoms with Gasteiger partial charge in [-0.1, -0.05) is 24.3 Å². The number of benzene rings is 1. The molecule has 2 N–H and O–H groups in total. The van der Waals surface area contributed by atoms with Crippen LogP contribution in [-0.4, -0.2) is 29.0 Å². The van der Waals surface area contributed by atoms with Gasteiger partial charge in [0.2, 0.25) is 0 Å². The maximum atomic E-state index is 6.21. The van der Waals surface area contributed by atoms with E-state index >= 15 is 0 Å². The standard InChI is InChI=1S/C17H23N3S/c1-13-16(21-12-19-13)10-20(2)17(11-18)8-7-14-5-3-4-6-15(14)9-17/h3-6,12H,7-11,18H2,1-2H3. The number of thiazole rings is 1. The van der Waals surface area contributed by atoms with Crippen LogP contribution in [0.2, 0.25) is 0 Å². The van der Waals surface area contributed by atoms with Crippen molar-refractivity contribution in [1.29, 1.82) is 0 Å². The summed E-state index contributed by atoms with van der Waals surface area (Å²) in [4.78, 5) is 8.16. The molecular weight excluding hydrogens is 278 g/mol. The van der Waals surface area contributed by atoms with E-state index < -0.39 is 0 Å². The van der Waals surface area contributed by atoms with Crippen LogP contribution >= 0.6 is 11.3 Å². The van der Waals surface area contributed by atoms with E-state index in [1.165, 1.54) is 16.0 Å². The number of hydrogen-bond acceptors (Lipinski definition) is 4. The fraction of sp³-hybridized carbons (Fsp3) is 0.471. The summed E-state index contributed by atoms with van der Waals surface area (Å²) in [6.07, 6.45) is 3.31. The van der Waals surface area contributed by atoms with Gasteiger partial charge in [0.05, 0.1) is 11.2 Å². The third kappa shape index (κ3) is 2.76. The van der Waals surface area contributed by atoms with Crippen LogP contribution < -0.4 is 5.73 Å². The largest absolute Gasteiger partial charge is 0.329 e. The Balaban J connectivity index is 1.83. The number of nitrogens with two attached hydrogens (primary N) is 1. The minimum absolute atomic E-state index is 0.0742. The second kappa shape index (κ2) is 5.87. The molecule has 1 unspecified atom stereocenters. The second-order valence-corrected chi connectivity index (χ2v) is 7.03. The van der Waals surface area contributed by atoms with Gasteiger partial charge in [0.25, 0.3) is 0 Å². The molecule has 21 heavy (non-hydrogen) atoms. The van der Waals surface area contributed by atoms with E-state index in [1.54, 1.807) is 11.3 Å². The van der Waals surface area contributed by atoms with Crippen molar-refractivity contribution in [1.82, 2.24) is 9.88 Å². The van der Waals surface area contributed by atoms with Crippen LogP contribution in [0.5, 0.6) is 0 Å². The molecule has 0 spiro atoms. The van der Waals surface area contributed by atoms with Gasteiger partial charge in [-0.25, -0.2) is 4.98 Å². The van der Waals surface area contributed by atoms with Crippen LogP contribution in [0.1, 0.15) is 28.1 Å². The molecular formula is C17H23N3S.